The van der Waals surface area contributed by atoms with E-state index in [1.54, 1.807) is 13.0 Å². The van der Waals surface area contributed by atoms with Gasteiger partial charge in [0.25, 0.3) is 0 Å². The molecule has 1 rings (SSSR count). The third kappa shape index (κ3) is 2.28. The van der Waals surface area contributed by atoms with Crippen LogP contribution >= 0.6 is 0 Å². The van der Waals surface area contributed by atoms with Gasteiger partial charge in [0, 0.05) is 19.7 Å². The number of hydrogen-bond acceptors (Lipinski definition) is 4. The molecule has 1 aromatic rings. The van der Waals surface area contributed by atoms with Gasteiger partial charge >= 0.3 is 0 Å². The minimum absolute atomic E-state index is 0.109. The van der Waals surface area contributed by atoms with Gasteiger partial charge in [-0.25, -0.2) is 12.7 Å². The van der Waals surface area contributed by atoms with E-state index in [4.69, 9.17) is 10.5 Å². The Morgan fingerprint density at radius 2 is 2.06 bits per heavy atom. The summed E-state index contributed by atoms with van der Waals surface area (Å²) in [6.45, 7) is 2.16. The van der Waals surface area contributed by atoms with Gasteiger partial charge in [-0.1, -0.05) is 6.92 Å². The Labute approximate surface area is 95.9 Å². The maximum absolute atomic E-state index is 12.0. The van der Waals surface area contributed by atoms with Gasteiger partial charge in [0.15, 0.2) is 0 Å². The van der Waals surface area contributed by atoms with Crippen LogP contribution in [0.4, 0.5) is 5.69 Å². The summed E-state index contributed by atoms with van der Waals surface area (Å²) in [4.78, 5) is 0.109. The minimum Gasteiger partial charge on any atom is -0.497 e. The number of nitrogens with two attached hydrogens (primary N) is 1. The number of ether oxygens (including phenoxy) is 1. The number of rotatable bonds is 4. The van der Waals surface area contributed by atoms with Crippen LogP contribution in [0.2, 0.25) is 0 Å². The van der Waals surface area contributed by atoms with E-state index in [9.17, 15) is 8.42 Å². The van der Waals surface area contributed by atoms with Gasteiger partial charge in [0.05, 0.1) is 12.8 Å². The molecule has 0 saturated heterocycles. The molecule has 0 saturated carbocycles. The van der Waals surface area contributed by atoms with Gasteiger partial charge in [0.2, 0.25) is 10.0 Å². The summed E-state index contributed by atoms with van der Waals surface area (Å²) >= 11 is 0. The molecule has 0 aliphatic carbocycles. The molecule has 0 heterocycles. The van der Waals surface area contributed by atoms with E-state index in [1.165, 1.54) is 30.6 Å². The Hall–Kier alpha value is -1.27. The fourth-order valence-corrected chi connectivity index (χ4v) is 2.50. The second-order valence-electron chi connectivity index (χ2n) is 3.32. The highest BCUT2D eigenvalue weighted by Crippen LogP contribution is 2.25. The van der Waals surface area contributed by atoms with Crippen molar-refractivity contribution in [2.24, 2.45) is 0 Å². The molecule has 16 heavy (non-hydrogen) atoms. The monoisotopic (exact) mass is 244 g/mol. The van der Waals surface area contributed by atoms with Crippen molar-refractivity contribution in [3.8, 4) is 5.75 Å². The van der Waals surface area contributed by atoms with Crippen LogP contribution in [-0.4, -0.2) is 33.4 Å². The molecule has 6 heteroatoms. The van der Waals surface area contributed by atoms with Crippen LogP contribution < -0.4 is 10.5 Å². The number of hydrogen-bond donors (Lipinski definition) is 1. The molecule has 90 valence electrons. The van der Waals surface area contributed by atoms with Crippen LogP contribution in [0, 0.1) is 0 Å². The molecule has 0 aliphatic heterocycles. The Balaban J connectivity index is 3.24. The van der Waals surface area contributed by atoms with Crippen LogP contribution in [0.3, 0.4) is 0 Å². The maximum atomic E-state index is 12.0. The average Bonchev–Trinajstić information content (AvgIpc) is 2.27. The quantitative estimate of drug-likeness (QED) is 0.799. The summed E-state index contributed by atoms with van der Waals surface area (Å²) in [5, 5.41) is 0. The van der Waals surface area contributed by atoms with Gasteiger partial charge in [-0.3, -0.25) is 0 Å². The first-order chi connectivity index (χ1) is 7.43. The van der Waals surface area contributed by atoms with Crippen molar-refractivity contribution in [2.75, 3.05) is 26.4 Å². The lowest BCUT2D eigenvalue weighted by atomic mass is 10.3. The van der Waals surface area contributed by atoms with Gasteiger partial charge < -0.3 is 10.5 Å². The largest absolute Gasteiger partial charge is 0.497 e. The Bertz CT molecular complexity index is 471. The number of sulfonamides is 1. The van der Waals surface area contributed by atoms with Crippen LogP contribution in [0.1, 0.15) is 6.92 Å². The van der Waals surface area contributed by atoms with Crippen LogP contribution in [-0.2, 0) is 10.0 Å². The fourth-order valence-electron chi connectivity index (χ4n) is 1.23. The van der Waals surface area contributed by atoms with E-state index < -0.39 is 10.0 Å². The molecule has 0 unspecified atom stereocenters. The predicted octanol–water partition coefficient (Wildman–Crippen LogP) is 0.918. The Morgan fingerprint density at radius 3 is 2.50 bits per heavy atom. The highest BCUT2D eigenvalue weighted by Gasteiger charge is 2.21. The summed E-state index contributed by atoms with van der Waals surface area (Å²) in [7, 11) is -0.478. The summed E-state index contributed by atoms with van der Waals surface area (Å²) in [6.07, 6.45) is 0. The molecule has 0 atom stereocenters. The molecule has 1 aromatic carbocycles. The van der Waals surface area contributed by atoms with Crippen molar-refractivity contribution in [1.29, 1.82) is 0 Å². The number of benzene rings is 1. The SMILES string of the molecule is CCN(C)S(=O)(=O)c1ccc(OC)cc1N. The molecule has 0 bridgehead atoms. The maximum Gasteiger partial charge on any atom is 0.244 e. The van der Waals surface area contributed by atoms with Crippen molar-refractivity contribution in [2.45, 2.75) is 11.8 Å². The van der Waals surface area contributed by atoms with Crippen molar-refractivity contribution >= 4 is 15.7 Å². The van der Waals surface area contributed by atoms with Crippen LogP contribution in [0.15, 0.2) is 23.1 Å². The smallest absolute Gasteiger partial charge is 0.244 e. The number of anilines is 1. The molecule has 0 aliphatic rings. The van der Waals surface area contributed by atoms with E-state index in [2.05, 4.69) is 0 Å². The zero-order chi connectivity index (χ0) is 12.3. The van der Waals surface area contributed by atoms with Gasteiger partial charge in [-0.05, 0) is 12.1 Å². The lowest BCUT2D eigenvalue weighted by Gasteiger charge is -2.16. The number of nitrogen functional groups attached to an aromatic ring is 1. The average molecular weight is 244 g/mol. The van der Waals surface area contributed by atoms with Crippen molar-refractivity contribution < 1.29 is 13.2 Å². The van der Waals surface area contributed by atoms with E-state index in [0.29, 0.717) is 12.3 Å². The van der Waals surface area contributed by atoms with E-state index in [1.807, 2.05) is 0 Å². The predicted molar refractivity (Wildman–Crippen MR) is 62.9 cm³/mol. The topological polar surface area (TPSA) is 72.6 Å². The summed E-state index contributed by atoms with van der Waals surface area (Å²) in [6, 6.07) is 4.53. The zero-order valence-corrected chi connectivity index (χ0v) is 10.4. The van der Waals surface area contributed by atoms with Crippen LogP contribution in [0.25, 0.3) is 0 Å². The summed E-state index contributed by atoms with van der Waals surface area (Å²) in [5.74, 6) is 0.538. The highest BCUT2D eigenvalue weighted by molar-refractivity contribution is 7.89. The fraction of sp³-hybridized carbons (Fsp3) is 0.400. The van der Waals surface area contributed by atoms with E-state index in [-0.39, 0.29) is 10.6 Å². The molecule has 5 nitrogen and oxygen atoms in total. The first-order valence-electron chi connectivity index (χ1n) is 4.83. The molecule has 0 amide bonds. The standard InChI is InChI=1S/C10H16N2O3S/c1-4-12(2)16(13,14)10-6-5-8(15-3)7-9(10)11/h5-7H,4,11H2,1-3H3. The van der Waals surface area contributed by atoms with Crippen molar-refractivity contribution in [1.82, 2.24) is 4.31 Å². The Kier molecular flexibility index (Phi) is 3.77. The highest BCUT2D eigenvalue weighted by atomic mass is 32.2. The first kappa shape index (κ1) is 12.8. The lowest BCUT2D eigenvalue weighted by Crippen LogP contribution is -2.27. The lowest BCUT2D eigenvalue weighted by molar-refractivity contribution is 0.414. The third-order valence-corrected chi connectivity index (χ3v) is 4.36. The zero-order valence-electron chi connectivity index (χ0n) is 9.60. The van der Waals surface area contributed by atoms with Gasteiger partial charge in [-0.15, -0.1) is 0 Å². The second-order valence-corrected chi connectivity index (χ2v) is 5.34. The molecule has 2 N–H and O–H groups in total. The third-order valence-electron chi connectivity index (χ3n) is 2.35. The molecular formula is C10H16N2O3S. The molecular weight excluding hydrogens is 228 g/mol. The molecule has 0 spiro atoms. The van der Waals surface area contributed by atoms with Crippen molar-refractivity contribution in [3.63, 3.8) is 0 Å². The van der Waals surface area contributed by atoms with E-state index >= 15 is 0 Å². The Morgan fingerprint density at radius 1 is 1.44 bits per heavy atom. The molecule has 0 radical (unpaired) electrons. The van der Waals surface area contributed by atoms with Crippen molar-refractivity contribution in [3.05, 3.63) is 18.2 Å². The normalized spacial score (nSPS) is 11.8. The number of nitrogens with zero attached hydrogens (tertiary/aromatic N) is 1. The number of methoxy groups -OCH3 is 1. The summed E-state index contributed by atoms with van der Waals surface area (Å²) in [5.41, 5.74) is 5.88. The second kappa shape index (κ2) is 4.71. The molecule has 0 aromatic heterocycles. The van der Waals surface area contributed by atoms with E-state index in [0.717, 1.165) is 0 Å². The van der Waals surface area contributed by atoms with Gasteiger partial charge in [-0.2, -0.15) is 0 Å². The summed E-state index contributed by atoms with van der Waals surface area (Å²) < 4.78 is 30.2. The first-order valence-corrected chi connectivity index (χ1v) is 6.27. The van der Waals surface area contributed by atoms with Crippen LogP contribution in [0.5, 0.6) is 5.75 Å². The minimum atomic E-state index is -3.49. The van der Waals surface area contributed by atoms with Gasteiger partial charge in [0.1, 0.15) is 10.6 Å². The molecule has 0 fully saturated rings.